The molecule has 3 heterocycles. The van der Waals surface area contributed by atoms with Crippen LogP contribution in [0.3, 0.4) is 0 Å². The first kappa shape index (κ1) is 22.8. The third-order valence-electron chi connectivity index (χ3n) is 6.80. The minimum Gasteiger partial charge on any atom is -0.434 e. The van der Waals surface area contributed by atoms with Crippen molar-refractivity contribution in [3.05, 3.63) is 64.5 Å². The molecule has 0 radical (unpaired) electrons. The first-order chi connectivity index (χ1) is 16.3. The molecule has 1 atom stereocenters. The summed E-state index contributed by atoms with van der Waals surface area (Å²) in [4.78, 5) is 7.68. The van der Waals surface area contributed by atoms with Crippen LogP contribution in [0.25, 0.3) is 22.2 Å². The van der Waals surface area contributed by atoms with Crippen LogP contribution in [0.1, 0.15) is 61.4 Å². The molecule has 1 N–H and O–H groups in total. The number of H-pyrrole nitrogens is 1. The Labute approximate surface area is 199 Å². The van der Waals surface area contributed by atoms with Gasteiger partial charge in [0.15, 0.2) is 0 Å². The standard InChI is InChI=1S/C25H24ClF3N4O/c1-13(22-21(34-25(28)29)8-7-20(27)23(22)26)18-11-31-24-17(18)9-15(10-30-24)19-12-32-33(14(19)2)16-5-3-4-6-16/h7-13,16,25H,3-6H2,1-2H3,(H,30,31). The zero-order valence-electron chi connectivity index (χ0n) is 18.8. The number of aromatic nitrogens is 4. The number of fused-ring (bicyclic) bond motifs is 1. The largest absolute Gasteiger partial charge is 0.434 e. The zero-order chi connectivity index (χ0) is 24.0. The van der Waals surface area contributed by atoms with Crippen molar-refractivity contribution in [3.63, 3.8) is 0 Å². The molecule has 1 fully saturated rings. The highest BCUT2D eigenvalue weighted by atomic mass is 35.5. The number of halogens is 4. The molecular formula is C25H24ClF3N4O. The number of nitrogens with zero attached hydrogens (tertiary/aromatic N) is 3. The number of aromatic amines is 1. The second kappa shape index (κ2) is 8.98. The third kappa shape index (κ3) is 3.94. The molecule has 1 aliphatic rings. The van der Waals surface area contributed by atoms with Crippen molar-refractivity contribution in [2.75, 3.05) is 0 Å². The summed E-state index contributed by atoms with van der Waals surface area (Å²) >= 11 is 6.22. The number of pyridine rings is 1. The molecule has 178 valence electrons. The molecule has 1 aromatic carbocycles. The van der Waals surface area contributed by atoms with Crippen LogP contribution in [0.15, 0.2) is 36.8 Å². The van der Waals surface area contributed by atoms with Crippen LogP contribution in [0.4, 0.5) is 13.2 Å². The summed E-state index contributed by atoms with van der Waals surface area (Å²) < 4.78 is 47.0. The van der Waals surface area contributed by atoms with E-state index in [9.17, 15) is 13.2 Å². The fourth-order valence-electron chi connectivity index (χ4n) is 5.06. The van der Waals surface area contributed by atoms with Gasteiger partial charge in [-0.05, 0) is 43.5 Å². The van der Waals surface area contributed by atoms with E-state index in [0.717, 1.165) is 46.7 Å². The summed E-state index contributed by atoms with van der Waals surface area (Å²) in [6.45, 7) is 0.784. The van der Waals surface area contributed by atoms with Crippen molar-refractivity contribution in [2.45, 2.75) is 58.1 Å². The molecule has 1 aliphatic carbocycles. The Hall–Kier alpha value is -3.00. The molecule has 4 aromatic rings. The fourth-order valence-corrected chi connectivity index (χ4v) is 5.38. The molecule has 0 saturated heterocycles. The predicted molar refractivity (Wildman–Crippen MR) is 125 cm³/mol. The first-order valence-electron chi connectivity index (χ1n) is 11.3. The summed E-state index contributed by atoms with van der Waals surface area (Å²) in [6, 6.07) is 4.62. The van der Waals surface area contributed by atoms with Crippen molar-refractivity contribution in [1.29, 1.82) is 0 Å². The monoisotopic (exact) mass is 488 g/mol. The summed E-state index contributed by atoms with van der Waals surface area (Å²) in [5, 5.41) is 5.20. The smallest absolute Gasteiger partial charge is 0.387 e. The second-order valence-corrected chi connectivity index (χ2v) is 9.14. The molecular weight excluding hydrogens is 465 g/mol. The number of hydrogen-bond donors (Lipinski definition) is 1. The highest BCUT2D eigenvalue weighted by Gasteiger charge is 2.25. The maximum Gasteiger partial charge on any atom is 0.387 e. The Kier molecular flexibility index (Phi) is 6.02. The van der Waals surface area contributed by atoms with E-state index in [2.05, 4.69) is 31.4 Å². The minimum atomic E-state index is -3.05. The van der Waals surface area contributed by atoms with Gasteiger partial charge < -0.3 is 9.72 Å². The van der Waals surface area contributed by atoms with Crippen molar-refractivity contribution >= 4 is 22.6 Å². The summed E-state index contributed by atoms with van der Waals surface area (Å²) in [7, 11) is 0. The topological polar surface area (TPSA) is 55.7 Å². The molecule has 0 amide bonds. The van der Waals surface area contributed by atoms with Gasteiger partial charge >= 0.3 is 6.61 Å². The number of benzene rings is 1. The molecule has 0 aliphatic heterocycles. The van der Waals surface area contributed by atoms with Gasteiger partial charge in [0.05, 0.1) is 17.3 Å². The Bertz CT molecular complexity index is 1340. The van der Waals surface area contributed by atoms with Crippen LogP contribution in [0, 0.1) is 12.7 Å². The van der Waals surface area contributed by atoms with Gasteiger partial charge in [0, 0.05) is 46.1 Å². The molecule has 0 bridgehead atoms. The number of hydrogen-bond acceptors (Lipinski definition) is 3. The van der Waals surface area contributed by atoms with Crippen LogP contribution in [0.2, 0.25) is 5.02 Å². The molecule has 5 nitrogen and oxygen atoms in total. The molecule has 1 unspecified atom stereocenters. The Morgan fingerprint density at radius 1 is 1.21 bits per heavy atom. The lowest BCUT2D eigenvalue weighted by Crippen LogP contribution is -2.08. The van der Waals surface area contributed by atoms with Crippen LogP contribution in [-0.2, 0) is 0 Å². The highest BCUT2D eigenvalue weighted by Crippen LogP contribution is 2.42. The van der Waals surface area contributed by atoms with E-state index in [0.29, 0.717) is 11.7 Å². The molecule has 34 heavy (non-hydrogen) atoms. The van der Waals surface area contributed by atoms with Gasteiger partial charge in [-0.3, -0.25) is 4.68 Å². The minimum absolute atomic E-state index is 0.152. The van der Waals surface area contributed by atoms with E-state index in [1.54, 1.807) is 19.3 Å². The summed E-state index contributed by atoms with van der Waals surface area (Å²) in [6.07, 6.45) is 10.1. The maximum absolute atomic E-state index is 14.3. The third-order valence-corrected chi connectivity index (χ3v) is 7.18. The van der Waals surface area contributed by atoms with E-state index in [4.69, 9.17) is 11.6 Å². The van der Waals surface area contributed by atoms with Gasteiger partial charge in [-0.15, -0.1) is 0 Å². The lowest BCUT2D eigenvalue weighted by Gasteiger charge is -2.18. The lowest BCUT2D eigenvalue weighted by molar-refractivity contribution is -0.0505. The Balaban J connectivity index is 1.57. The van der Waals surface area contributed by atoms with E-state index >= 15 is 0 Å². The van der Waals surface area contributed by atoms with E-state index < -0.39 is 18.3 Å². The van der Waals surface area contributed by atoms with Gasteiger partial charge in [0.1, 0.15) is 17.2 Å². The second-order valence-electron chi connectivity index (χ2n) is 8.76. The number of nitrogens with one attached hydrogen (secondary N) is 1. The molecule has 5 rings (SSSR count). The van der Waals surface area contributed by atoms with Gasteiger partial charge in [-0.1, -0.05) is 31.4 Å². The average Bonchev–Trinajstić information content (AvgIpc) is 3.55. The van der Waals surface area contributed by atoms with Crippen molar-refractivity contribution in [2.24, 2.45) is 0 Å². The van der Waals surface area contributed by atoms with Crippen LogP contribution in [0.5, 0.6) is 5.75 Å². The molecule has 9 heteroatoms. The normalized spacial score (nSPS) is 15.5. The van der Waals surface area contributed by atoms with Gasteiger partial charge in [-0.25, -0.2) is 9.37 Å². The number of ether oxygens (including phenoxy) is 1. The van der Waals surface area contributed by atoms with Crippen molar-refractivity contribution in [3.8, 4) is 16.9 Å². The van der Waals surface area contributed by atoms with Crippen molar-refractivity contribution < 1.29 is 17.9 Å². The van der Waals surface area contributed by atoms with E-state index in [-0.39, 0.29) is 16.3 Å². The average molecular weight is 489 g/mol. The Morgan fingerprint density at radius 3 is 2.71 bits per heavy atom. The first-order valence-corrected chi connectivity index (χ1v) is 11.7. The van der Waals surface area contributed by atoms with Crippen LogP contribution in [-0.4, -0.2) is 26.4 Å². The molecule has 0 spiro atoms. The maximum atomic E-state index is 14.3. The van der Waals surface area contributed by atoms with E-state index in [1.807, 2.05) is 12.3 Å². The molecule has 3 aromatic heterocycles. The predicted octanol–water partition coefficient (Wildman–Crippen LogP) is 7.40. The van der Waals surface area contributed by atoms with Crippen molar-refractivity contribution in [1.82, 2.24) is 19.7 Å². The summed E-state index contributed by atoms with van der Waals surface area (Å²) in [5.74, 6) is -1.38. The van der Waals surface area contributed by atoms with E-state index in [1.165, 1.54) is 18.9 Å². The van der Waals surface area contributed by atoms with Gasteiger partial charge in [0.2, 0.25) is 0 Å². The van der Waals surface area contributed by atoms with Gasteiger partial charge in [0.25, 0.3) is 0 Å². The van der Waals surface area contributed by atoms with Gasteiger partial charge in [-0.2, -0.15) is 13.9 Å². The highest BCUT2D eigenvalue weighted by molar-refractivity contribution is 6.31. The van der Waals surface area contributed by atoms with Crippen LogP contribution < -0.4 is 4.74 Å². The SMILES string of the molecule is Cc1c(-c2cnc3[nH]cc(C(C)c4c(OC(F)F)ccc(F)c4Cl)c3c2)cnn1C1CCCC1. The number of alkyl halides is 2. The zero-order valence-corrected chi connectivity index (χ0v) is 19.5. The molecule has 1 saturated carbocycles. The number of rotatable bonds is 6. The van der Waals surface area contributed by atoms with Crippen LogP contribution >= 0.6 is 11.6 Å². The Morgan fingerprint density at radius 2 is 1.97 bits per heavy atom. The summed E-state index contributed by atoms with van der Waals surface area (Å²) in [5.41, 5.74) is 4.52. The fraction of sp³-hybridized carbons (Fsp3) is 0.360. The lowest BCUT2D eigenvalue weighted by atomic mass is 9.91. The quantitative estimate of drug-likeness (QED) is 0.307.